The molecule has 0 amide bonds. The third-order valence-corrected chi connectivity index (χ3v) is 6.40. The van der Waals surface area contributed by atoms with E-state index in [4.69, 9.17) is 4.99 Å². The lowest BCUT2D eigenvalue weighted by Crippen LogP contribution is -2.17. The van der Waals surface area contributed by atoms with Gasteiger partial charge in [-0.2, -0.15) is 0 Å². The van der Waals surface area contributed by atoms with Crippen molar-refractivity contribution in [3.8, 4) is 11.3 Å². The van der Waals surface area contributed by atoms with E-state index in [-0.39, 0.29) is 17.2 Å². The van der Waals surface area contributed by atoms with Gasteiger partial charge in [-0.3, -0.25) is 8.63 Å². The zero-order valence-electron chi connectivity index (χ0n) is 18.1. The number of rotatable bonds is 5. The molecule has 0 fully saturated rings. The largest absolute Gasteiger partial charge is 0.678 e. The average molecular weight is 582 g/mol. The maximum Gasteiger partial charge on any atom is 0.678 e. The van der Waals surface area contributed by atoms with Crippen molar-refractivity contribution in [3.63, 3.8) is 0 Å². The van der Waals surface area contributed by atoms with Gasteiger partial charge in [-0.15, -0.1) is 0 Å². The predicted molar refractivity (Wildman–Crippen MR) is 140 cm³/mol. The summed E-state index contributed by atoms with van der Waals surface area (Å²) in [4.78, 5) is 4.71. The zero-order chi connectivity index (χ0) is 24.5. The highest BCUT2D eigenvalue weighted by molar-refractivity contribution is 14.1. The number of nitrogens with zero attached hydrogens (tertiary/aromatic N) is 2. The van der Waals surface area contributed by atoms with E-state index >= 15 is 0 Å². The molecule has 2 heterocycles. The molecule has 0 aliphatic carbocycles. The monoisotopic (exact) mass is 582 g/mol. The number of hydrogen-bond acceptors (Lipinski definition) is 1. The molecule has 4 aromatic rings. The molecule has 1 aliphatic rings. The van der Waals surface area contributed by atoms with Crippen molar-refractivity contribution >= 4 is 41.3 Å². The molecular formula is C27H16BF4IN2. The fourth-order valence-corrected chi connectivity index (χ4v) is 4.40. The summed E-state index contributed by atoms with van der Waals surface area (Å²) < 4.78 is 57.7. The standard InChI is InChI=1S/C27H16BF4IN2/c29-20-7-1-17(2-8-20)23-13-14-24(34-23)27(19-5-11-22(33)12-6-19)26-16-15-25(35(26)28(31)32)18-3-9-21(30)10-4-18/h1-16H/b27-24-. The third-order valence-electron chi connectivity index (χ3n) is 5.68. The van der Waals surface area contributed by atoms with Crippen molar-refractivity contribution in [2.45, 2.75) is 0 Å². The Morgan fingerprint density at radius 2 is 1.31 bits per heavy atom. The number of halogens is 5. The first kappa shape index (κ1) is 23.4. The van der Waals surface area contributed by atoms with E-state index in [9.17, 15) is 17.4 Å². The molecule has 5 rings (SSSR count). The van der Waals surface area contributed by atoms with Crippen molar-refractivity contribution < 1.29 is 17.4 Å². The fourth-order valence-electron chi connectivity index (χ4n) is 4.04. The Labute approximate surface area is 213 Å². The van der Waals surface area contributed by atoms with E-state index in [1.54, 1.807) is 36.4 Å². The van der Waals surface area contributed by atoms with Crippen LogP contribution in [-0.4, -0.2) is 17.6 Å². The van der Waals surface area contributed by atoms with Crippen LogP contribution in [0.25, 0.3) is 16.8 Å². The van der Waals surface area contributed by atoms with Gasteiger partial charge in [0, 0.05) is 26.1 Å². The minimum atomic E-state index is -2.84. The number of benzene rings is 3. The van der Waals surface area contributed by atoms with E-state index in [0.717, 1.165) is 19.2 Å². The molecule has 0 saturated carbocycles. The second-order valence-electron chi connectivity index (χ2n) is 7.86. The Hall–Kier alpha value is -3.40. The van der Waals surface area contributed by atoms with Crippen LogP contribution in [0, 0.1) is 15.2 Å². The quantitative estimate of drug-likeness (QED) is 0.131. The normalized spacial score (nSPS) is 14.3. The minimum Gasteiger partial charge on any atom is -0.325 e. The molecule has 3 aromatic carbocycles. The highest BCUT2D eigenvalue weighted by atomic mass is 127. The van der Waals surface area contributed by atoms with Crippen LogP contribution in [0.3, 0.4) is 0 Å². The summed E-state index contributed by atoms with van der Waals surface area (Å²) in [5.74, 6) is -0.792. The topological polar surface area (TPSA) is 17.3 Å². The summed E-state index contributed by atoms with van der Waals surface area (Å²) in [6, 6.07) is 22.2. The van der Waals surface area contributed by atoms with Gasteiger partial charge in [-0.25, -0.2) is 13.8 Å². The van der Waals surface area contributed by atoms with Crippen LogP contribution < -0.4 is 0 Å². The molecule has 8 heteroatoms. The predicted octanol–water partition coefficient (Wildman–Crippen LogP) is 7.63. The zero-order valence-corrected chi connectivity index (χ0v) is 20.3. The first-order chi connectivity index (χ1) is 16.9. The molecule has 0 radical (unpaired) electrons. The lowest BCUT2D eigenvalue weighted by Gasteiger charge is -2.15. The van der Waals surface area contributed by atoms with Crippen LogP contribution in [0.1, 0.15) is 16.8 Å². The Bertz CT molecular complexity index is 1470. The average Bonchev–Trinajstić information content (AvgIpc) is 3.50. The van der Waals surface area contributed by atoms with E-state index in [1.807, 2.05) is 24.3 Å². The molecular weight excluding hydrogens is 566 g/mol. The number of aliphatic imine (C=N–C) groups is 1. The van der Waals surface area contributed by atoms with Gasteiger partial charge < -0.3 is 4.48 Å². The fraction of sp³-hybridized carbons (Fsp3) is 0. The van der Waals surface area contributed by atoms with E-state index in [0.29, 0.717) is 22.5 Å². The molecule has 1 aliphatic heterocycles. The third kappa shape index (κ3) is 4.75. The lowest BCUT2D eigenvalue weighted by atomic mass is 9.98. The molecule has 0 atom stereocenters. The Morgan fingerprint density at radius 3 is 1.91 bits per heavy atom. The Morgan fingerprint density at radius 1 is 0.714 bits per heavy atom. The van der Waals surface area contributed by atoms with Crippen LogP contribution in [0.2, 0.25) is 0 Å². The number of aromatic nitrogens is 1. The van der Waals surface area contributed by atoms with Crippen molar-refractivity contribution in [1.29, 1.82) is 0 Å². The molecule has 2 nitrogen and oxygen atoms in total. The molecule has 1 aromatic heterocycles. The number of hydrogen-bond donors (Lipinski definition) is 0. The summed E-state index contributed by atoms with van der Waals surface area (Å²) in [5.41, 5.74) is 4.11. The number of allylic oxidation sites excluding steroid dienone is 2. The highest BCUT2D eigenvalue weighted by Gasteiger charge is 2.28. The smallest absolute Gasteiger partial charge is 0.325 e. The summed E-state index contributed by atoms with van der Waals surface area (Å²) in [7, 11) is -2.84. The Kier molecular flexibility index (Phi) is 6.47. The molecule has 0 spiro atoms. The van der Waals surface area contributed by atoms with Gasteiger partial charge in [-0.05, 0) is 107 Å². The summed E-state index contributed by atoms with van der Waals surface area (Å²) in [6.45, 7) is 0. The van der Waals surface area contributed by atoms with Gasteiger partial charge in [-0.1, -0.05) is 24.3 Å². The maximum atomic E-state index is 14.5. The first-order valence-corrected chi connectivity index (χ1v) is 11.8. The van der Waals surface area contributed by atoms with Crippen LogP contribution in [0.5, 0.6) is 0 Å². The molecule has 0 unspecified atom stereocenters. The molecule has 0 bridgehead atoms. The van der Waals surface area contributed by atoms with Gasteiger partial charge in [0.15, 0.2) is 0 Å². The first-order valence-electron chi connectivity index (χ1n) is 10.7. The van der Waals surface area contributed by atoms with E-state index < -0.39 is 13.2 Å². The molecule has 0 N–H and O–H groups in total. The summed E-state index contributed by atoms with van der Waals surface area (Å²) in [6.07, 6.45) is 3.55. The van der Waals surface area contributed by atoms with Gasteiger partial charge >= 0.3 is 7.40 Å². The molecule has 172 valence electrons. The SMILES string of the molecule is FB(F)n1c(/C(=C2/C=CC(c3ccc(F)cc3)=N2)c2ccc(I)cc2)ccc1-c1ccc(F)cc1. The van der Waals surface area contributed by atoms with Gasteiger partial charge in [0.1, 0.15) is 11.6 Å². The van der Waals surface area contributed by atoms with Crippen LogP contribution in [0.4, 0.5) is 17.4 Å². The Balaban J connectivity index is 1.71. The molecule has 0 saturated heterocycles. The van der Waals surface area contributed by atoms with Crippen LogP contribution in [-0.2, 0) is 0 Å². The van der Waals surface area contributed by atoms with Crippen molar-refractivity contribution in [2.24, 2.45) is 4.99 Å². The second kappa shape index (κ2) is 9.69. The highest BCUT2D eigenvalue weighted by Crippen LogP contribution is 2.35. The molecule has 35 heavy (non-hydrogen) atoms. The second-order valence-corrected chi connectivity index (χ2v) is 9.11. The van der Waals surface area contributed by atoms with Crippen molar-refractivity contribution in [1.82, 2.24) is 4.48 Å². The van der Waals surface area contributed by atoms with Crippen molar-refractivity contribution in [3.05, 3.63) is 135 Å². The van der Waals surface area contributed by atoms with Gasteiger partial charge in [0.25, 0.3) is 0 Å². The van der Waals surface area contributed by atoms with Gasteiger partial charge in [0.05, 0.1) is 11.4 Å². The van der Waals surface area contributed by atoms with Crippen LogP contribution in [0.15, 0.2) is 108 Å². The maximum absolute atomic E-state index is 14.5. The minimum absolute atomic E-state index is 0.267. The van der Waals surface area contributed by atoms with E-state index in [1.165, 1.54) is 36.4 Å². The van der Waals surface area contributed by atoms with E-state index in [2.05, 4.69) is 22.6 Å². The summed E-state index contributed by atoms with van der Waals surface area (Å²) >= 11 is 2.18. The van der Waals surface area contributed by atoms with Crippen LogP contribution >= 0.6 is 22.6 Å². The van der Waals surface area contributed by atoms with Crippen molar-refractivity contribution in [2.75, 3.05) is 0 Å². The van der Waals surface area contributed by atoms with Gasteiger partial charge in [0.2, 0.25) is 0 Å². The lowest BCUT2D eigenvalue weighted by molar-refractivity contribution is 0.627. The summed E-state index contributed by atoms with van der Waals surface area (Å²) in [5, 5.41) is 0.